The molecule has 5 nitrogen and oxygen atoms in total. The monoisotopic (exact) mass is 293 g/mol. The molecule has 0 atom stereocenters. The molecule has 2 aromatic carbocycles. The third kappa shape index (κ3) is 3.62. The lowest BCUT2D eigenvalue weighted by molar-refractivity contribution is 0.463. The summed E-state index contributed by atoms with van der Waals surface area (Å²) in [5.41, 5.74) is 3.40. The molecular formula is C13H10FN2O3S-. The highest BCUT2D eigenvalue weighted by atomic mass is 32.2. The van der Waals surface area contributed by atoms with Crippen LogP contribution < -0.4 is 5.43 Å². The maximum Gasteiger partial charge on any atom is 0.132 e. The Bertz CT molecular complexity index is 728. The van der Waals surface area contributed by atoms with Gasteiger partial charge in [0.05, 0.1) is 16.8 Å². The number of hydrogen-bond donors (Lipinski definition) is 1. The van der Waals surface area contributed by atoms with Gasteiger partial charge in [-0.3, -0.25) is 5.43 Å². The maximum atomic E-state index is 13.3. The Balaban J connectivity index is 2.07. The minimum atomic E-state index is -4.45. The van der Waals surface area contributed by atoms with Gasteiger partial charge in [-0.1, -0.05) is 18.2 Å². The number of rotatable bonds is 4. The van der Waals surface area contributed by atoms with Crippen molar-refractivity contribution in [1.82, 2.24) is 0 Å². The van der Waals surface area contributed by atoms with Gasteiger partial charge in [-0.15, -0.1) is 0 Å². The SMILES string of the molecule is O=S(=O)([O-])c1ccc(N/N=C\c2ccccc2F)cc1. The average molecular weight is 293 g/mol. The summed E-state index contributed by atoms with van der Waals surface area (Å²) >= 11 is 0. The van der Waals surface area contributed by atoms with Crippen LogP contribution in [0.5, 0.6) is 0 Å². The fraction of sp³-hybridized carbons (Fsp3) is 0. The third-order valence-corrected chi connectivity index (χ3v) is 3.30. The predicted molar refractivity (Wildman–Crippen MR) is 72.0 cm³/mol. The second kappa shape index (κ2) is 5.81. The summed E-state index contributed by atoms with van der Waals surface area (Å²) in [7, 11) is -4.45. The van der Waals surface area contributed by atoms with E-state index in [1.807, 2.05) is 0 Å². The smallest absolute Gasteiger partial charge is 0.132 e. The Morgan fingerprint density at radius 1 is 1.10 bits per heavy atom. The third-order valence-electron chi connectivity index (χ3n) is 2.45. The van der Waals surface area contributed by atoms with E-state index in [4.69, 9.17) is 0 Å². The lowest BCUT2D eigenvalue weighted by Gasteiger charge is -2.07. The zero-order valence-electron chi connectivity index (χ0n) is 10.2. The van der Waals surface area contributed by atoms with Crippen molar-refractivity contribution in [2.75, 3.05) is 5.43 Å². The van der Waals surface area contributed by atoms with Crippen molar-refractivity contribution in [2.24, 2.45) is 5.10 Å². The van der Waals surface area contributed by atoms with Gasteiger partial charge in [0.2, 0.25) is 0 Å². The molecule has 0 aliphatic carbocycles. The van der Waals surface area contributed by atoms with E-state index in [0.29, 0.717) is 11.3 Å². The van der Waals surface area contributed by atoms with Gasteiger partial charge in [0.25, 0.3) is 0 Å². The zero-order valence-corrected chi connectivity index (χ0v) is 11.0. The standard InChI is InChI=1S/C13H11FN2O3S/c14-13-4-2-1-3-10(13)9-15-16-11-5-7-12(8-6-11)20(17,18)19/h1-9,16H,(H,17,18,19)/p-1/b15-9-. The molecular weight excluding hydrogens is 283 g/mol. The van der Waals surface area contributed by atoms with Gasteiger partial charge in [-0.05, 0) is 30.3 Å². The van der Waals surface area contributed by atoms with Crippen molar-refractivity contribution in [1.29, 1.82) is 0 Å². The minimum Gasteiger partial charge on any atom is -0.744 e. The van der Waals surface area contributed by atoms with Crippen LogP contribution in [0.25, 0.3) is 0 Å². The maximum absolute atomic E-state index is 13.3. The number of nitrogens with one attached hydrogen (secondary N) is 1. The molecule has 0 aliphatic heterocycles. The molecule has 7 heteroatoms. The van der Waals surface area contributed by atoms with Gasteiger partial charge in [0.15, 0.2) is 0 Å². The molecule has 104 valence electrons. The Labute approximate surface area is 115 Å². The van der Waals surface area contributed by atoms with E-state index >= 15 is 0 Å². The second-order valence-electron chi connectivity index (χ2n) is 3.87. The van der Waals surface area contributed by atoms with Crippen LogP contribution in [0.4, 0.5) is 10.1 Å². The molecule has 0 amide bonds. The Morgan fingerprint density at radius 3 is 2.35 bits per heavy atom. The van der Waals surface area contributed by atoms with E-state index in [2.05, 4.69) is 10.5 Å². The first-order valence-electron chi connectivity index (χ1n) is 5.56. The van der Waals surface area contributed by atoms with Gasteiger partial charge >= 0.3 is 0 Å². The molecule has 0 saturated heterocycles. The molecule has 0 aromatic heterocycles. The van der Waals surface area contributed by atoms with Crippen molar-refractivity contribution in [2.45, 2.75) is 4.90 Å². The average Bonchev–Trinajstić information content (AvgIpc) is 2.40. The zero-order chi connectivity index (χ0) is 14.6. The number of anilines is 1. The van der Waals surface area contributed by atoms with Crippen LogP contribution in [0, 0.1) is 5.82 Å². The van der Waals surface area contributed by atoms with Crippen molar-refractivity contribution in [3.63, 3.8) is 0 Å². The van der Waals surface area contributed by atoms with E-state index < -0.39 is 15.9 Å². The first-order chi connectivity index (χ1) is 9.47. The molecule has 1 N–H and O–H groups in total. The van der Waals surface area contributed by atoms with Crippen molar-refractivity contribution >= 4 is 22.0 Å². The van der Waals surface area contributed by atoms with Crippen LogP contribution in [-0.4, -0.2) is 19.2 Å². The quantitative estimate of drug-likeness (QED) is 0.532. The largest absolute Gasteiger partial charge is 0.744 e. The molecule has 2 rings (SSSR count). The Morgan fingerprint density at radius 2 is 1.75 bits per heavy atom. The molecule has 0 unspecified atom stereocenters. The van der Waals surface area contributed by atoms with Gasteiger partial charge in [0, 0.05) is 5.56 Å². The molecule has 2 aromatic rings. The molecule has 20 heavy (non-hydrogen) atoms. The lowest BCUT2D eigenvalue weighted by Crippen LogP contribution is -1.98. The van der Waals surface area contributed by atoms with E-state index in [9.17, 15) is 17.4 Å². The number of nitrogens with zero attached hydrogens (tertiary/aromatic N) is 1. The van der Waals surface area contributed by atoms with Crippen molar-refractivity contribution in [3.8, 4) is 0 Å². The number of halogens is 1. The summed E-state index contributed by atoms with van der Waals surface area (Å²) in [6, 6.07) is 11.3. The second-order valence-corrected chi connectivity index (χ2v) is 5.25. The Kier molecular flexibility index (Phi) is 4.11. The topological polar surface area (TPSA) is 81.6 Å². The lowest BCUT2D eigenvalue weighted by atomic mass is 10.2. The minimum absolute atomic E-state index is 0.318. The highest BCUT2D eigenvalue weighted by Gasteiger charge is 2.00. The molecule has 0 aliphatic rings. The van der Waals surface area contributed by atoms with Gasteiger partial charge in [-0.2, -0.15) is 5.10 Å². The van der Waals surface area contributed by atoms with Crippen LogP contribution >= 0.6 is 0 Å². The van der Waals surface area contributed by atoms with Gasteiger partial charge in [0.1, 0.15) is 15.9 Å². The normalized spacial score (nSPS) is 11.7. The molecule has 0 saturated carbocycles. The fourth-order valence-corrected chi connectivity index (χ4v) is 1.92. The number of hydrogen-bond acceptors (Lipinski definition) is 5. The van der Waals surface area contributed by atoms with E-state index in [1.54, 1.807) is 18.2 Å². The van der Waals surface area contributed by atoms with Gasteiger partial charge in [-0.25, -0.2) is 12.8 Å². The molecule has 0 fully saturated rings. The molecule has 0 bridgehead atoms. The molecule has 0 radical (unpaired) electrons. The summed E-state index contributed by atoms with van der Waals surface area (Å²) in [6.45, 7) is 0. The summed E-state index contributed by atoms with van der Waals surface area (Å²) in [5, 5.41) is 3.82. The molecule has 0 spiro atoms. The van der Waals surface area contributed by atoms with Crippen LogP contribution in [0.15, 0.2) is 58.5 Å². The van der Waals surface area contributed by atoms with Crippen molar-refractivity contribution < 1.29 is 17.4 Å². The number of benzene rings is 2. The highest BCUT2D eigenvalue weighted by Crippen LogP contribution is 2.13. The van der Waals surface area contributed by atoms with Crippen LogP contribution in [0.3, 0.4) is 0 Å². The first kappa shape index (κ1) is 14.2. The first-order valence-corrected chi connectivity index (χ1v) is 6.97. The van der Waals surface area contributed by atoms with E-state index in [1.165, 1.54) is 36.5 Å². The van der Waals surface area contributed by atoms with E-state index in [0.717, 1.165) is 0 Å². The fourth-order valence-electron chi connectivity index (χ4n) is 1.45. The summed E-state index contributed by atoms with van der Waals surface area (Å²) in [5.74, 6) is -0.397. The van der Waals surface area contributed by atoms with Crippen LogP contribution in [0.1, 0.15) is 5.56 Å². The summed E-state index contributed by atoms with van der Waals surface area (Å²) < 4.78 is 45.5. The summed E-state index contributed by atoms with van der Waals surface area (Å²) in [4.78, 5) is -0.318. The molecule has 0 heterocycles. The predicted octanol–water partition coefficient (Wildman–Crippen LogP) is 2.18. The van der Waals surface area contributed by atoms with Crippen LogP contribution in [0.2, 0.25) is 0 Å². The van der Waals surface area contributed by atoms with Crippen LogP contribution in [-0.2, 0) is 10.1 Å². The number of hydrazone groups is 1. The van der Waals surface area contributed by atoms with Crippen molar-refractivity contribution in [3.05, 3.63) is 59.9 Å². The summed E-state index contributed by atoms with van der Waals surface area (Å²) in [6.07, 6.45) is 1.30. The van der Waals surface area contributed by atoms with Gasteiger partial charge < -0.3 is 4.55 Å². The highest BCUT2D eigenvalue weighted by molar-refractivity contribution is 7.85. The Hall–Kier alpha value is -2.25. The van der Waals surface area contributed by atoms with E-state index in [-0.39, 0.29) is 4.90 Å².